The Balaban J connectivity index is 1.87. The van der Waals surface area contributed by atoms with Crippen molar-refractivity contribution < 1.29 is 17.9 Å². The third-order valence-corrected chi connectivity index (χ3v) is 5.18. The summed E-state index contributed by atoms with van der Waals surface area (Å²) in [6, 6.07) is 11.7. The van der Waals surface area contributed by atoms with Gasteiger partial charge in [-0.05, 0) is 30.0 Å². The van der Waals surface area contributed by atoms with E-state index in [0.717, 1.165) is 23.6 Å². The van der Waals surface area contributed by atoms with Gasteiger partial charge in [-0.2, -0.15) is 13.2 Å². The molecule has 1 aliphatic carbocycles. The average molecular weight is 345 g/mol. The monoisotopic (exact) mass is 345 g/mol. The van der Waals surface area contributed by atoms with Crippen molar-refractivity contribution in [3.8, 4) is 5.75 Å². The van der Waals surface area contributed by atoms with Crippen LogP contribution in [0.4, 0.5) is 18.9 Å². The third-order valence-electron chi connectivity index (χ3n) is 5.18. The van der Waals surface area contributed by atoms with Crippen LogP contribution in [0, 0.1) is 5.92 Å². The molecule has 0 unspecified atom stereocenters. The molecule has 0 bridgehead atoms. The highest BCUT2D eigenvalue weighted by Gasteiger charge is 2.43. The zero-order valence-corrected chi connectivity index (χ0v) is 13.7. The van der Waals surface area contributed by atoms with Gasteiger partial charge >= 0.3 is 6.18 Å². The van der Waals surface area contributed by atoms with E-state index in [-0.39, 0.29) is 23.6 Å². The Bertz CT molecular complexity index is 828. The fourth-order valence-corrected chi connectivity index (χ4v) is 4.09. The van der Waals surface area contributed by atoms with Crippen molar-refractivity contribution in [1.29, 1.82) is 0 Å². The van der Waals surface area contributed by atoms with Crippen LogP contribution in [0.2, 0.25) is 0 Å². The first-order chi connectivity index (χ1) is 12.0. The Kier molecular flexibility index (Phi) is 3.74. The van der Waals surface area contributed by atoms with Crippen LogP contribution >= 0.6 is 0 Å². The molecule has 0 saturated heterocycles. The molecule has 2 aromatic carbocycles. The zero-order valence-electron chi connectivity index (χ0n) is 13.7. The van der Waals surface area contributed by atoms with Crippen molar-refractivity contribution in [1.82, 2.24) is 0 Å². The molecule has 1 heterocycles. The van der Waals surface area contributed by atoms with E-state index in [9.17, 15) is 13.2 Å². The van der Waals surface area contributed by atoms with E-state index in [0.29, 0.717) is 5.75 Å². The number of methoxy groups -OCH3 is 1. The number of para-hydroxylation sites is 2. The van der Waals surface area contributed by atoms with E-state index in [1.165, 1.54) is 6.07 Å². The first-order valence-corrected chi connectivity index (χ1v) is 8.27. The van der Waals surface area contributed by atoms with E-state index >= 15 is 0 Å². The molecule has 4 rings (SSSR count). The molecule has 2 aliphatic rings. The van der Waals surface area contributed by atoms with Crippen LogP contribution in [-0.2, 0) is 6.18 Å². The van der Waals surface area contributed by atoms with Gasteiger partial charge in [-0.15, -0.1) is 0 Å². The SMILES string of the molecule is COc1ccccc1[C@@H]1Nc2c(cccc2C(F)(F)F)[C@H]2C=CC[C@@H]21. The maximum absolute atomic E-state index is 13.5. The molecule has 130 valence electrons. The van der Waals surface area contributed by atoms with Crippen LogP contribution in [0.5, 0.6) is 5.75 Å². The summed E-state index contributed by atoms with van der Waals surface area (Å²) in [4.78, 5) is 0. The van der Waals surface area contributed by atoms with Gasteiger partial charge in [0.2, 0.25) is 0 Å². The van der Waals surface area contributed by atoms with Gasteiger partial charge in [0.25, 0.3) is 0 Å². The quantitative estimate of drug-likeness (QED) is 0.722. The molecule has 2 nitrogen and oxygen atoms in total. The lowest BCUT2D eigenvalue weighted by Gasteiger charge is -2.39. The van der Waals surface area contributed by atoms with Gasteiger partial charge in [0, 0.05) is 11.5 Å². The standard InChI is InChI=1S/C20H18F3NO/c1-25-17-11-3-2-6-15(17)18-13-8-4-7-12(13)14-9-5-10-16(19(14)24-18)20(21,22)23/h2-7,9-13,18,24H,8H2,1H3/t12-,13-,18+/m0/s1. The Labute approximate surface area is 144 Å². The number of benzene rings is 2. The highest BCUT2D eigenvalue weighted by molar-refractivity contribution is 5.65. The smallest absolute Gasteiger partial charge is 0.418 e. The fraction of sp³-hybridized carbons (Fsp3) is 0.300. The lowest BCUT2D eigenvalue weighted by atomic mass is 9.76. The van der Waals surface area contributed by atoms with Gasteiger partial charge in [0.05, 0.1) is 24.4 Å². The minimum absolute atomic E-state index is 0.0199. The summed E-state index contributed by atoms with van der Waals surface area (Å²) in [5.41, 5.74) is 1.20. The van der Waals surface area contributed by atoms with Crippen molar-refractivity contribution in [2.75, 3.05) is 12.4 Å². The van der Waals surface area contributed by atoms with Gasteiger partial charge in [-0.3, -0.25) is 0 Å². The largest absolute Gasteiger partial charge is 0.496 e. The van der Waals surface area contributed by atoms with Crippen molar-refractivity contribution in [2.24, 2.45) is 5.92 Å². The second-order valence-electron chi connectivity index (χ2n) is 6.49. The summed E-state index contributed by atoms with van der Waals surface area (Å²) in [5.74, 6) is 0.847. The number of rotatable bonds is 2. The Morgan fingerprint density at radius 2 is 1.80 bits per heavy atom. The van der Waals surface area contributed by atoms with Crippen LogP contribution in [0.25, 0.3) is 0 Å². The van der Waals surface area contributed by atoms with Crippen molar-refractivity contribution in [3.05, 3.63) is 71.3 Å². The first-order valence-electron chi connectivity index (χ1n) is 8.27. The van der Waals surface area contributed by atoms with Crippen LogP contribution < -0.4 is 10.1 Å². The Hall–Kier alpha value is -2.43. The van der Waals surface area contributed by atoms with Gasteiger partial charge in [0.15, 0.2) is 0 Å². The van der Waals surface area contributed by atoms with Gasteiger partial charge in [-0.1, -0.05) is 42.5 Å². The third kappa shape index (κ3) is 2.58. The predicted octanol–water partition coefficient (Wildman–Crippen LogP) is 5.54. The van der Waals surface area contributed by atoms with E-state index in [2.05, 4.69) is 11.4 Å². The zero-order chi connectivity index (χ0) is 17.6. The number of fused-ring (bicyclic) bond motifs is 3. The van der Waals surface area contributed by atoms with Crippen LogP contribution in [0.1, 0.15) is 35.1 Å². The molecule has 1 aliphatic heterocycles. The van der Waals surface area contributed by atoms with E-state index in [4.69, 9.17) is 4.74 Å². The second kappa shape index (κ2) is 5.83. The molecule has 0 saturated carbocycles. The number of hydrogen-bond acceptors (Lipinski definition) is 2. The molecule has 3 atom stereocenters. The number of anilines is 1. The molecule has 25 heavy (non-hydrogen) atoms. The number of hydrogen-bond donors (Lipinski definition) is 1. The minimum Gasteiger partial charge on any atom is -0.496 e. The maximum atomic E-state index is 13.5. The molecular weight excluding hydrogens is 327 g/mol. The topological polar surface area (TPSA) is 21.3 Å². The molecule has 0 radical (unpaired) electrons. The van der Waals surface area contributed by atoms with E-state index in [1.54, 1.807) is 13.2 Å². The Morgan fingerprint density at radius 1 is 1.04 bits per heavy atom. The predicted molar refractivity (Wildman–Crippen MR) is 90.8 cm³/mol. The van der Waals surface area contributed by atoms with Gasteiger partial charge in [0.1, 0.15) is 5.75 Å². The van der Waals surface area contributed by atoms with Crippen LogP contribution in [-0.4, -0.2) is 7.11 Å². The molecular formula is C20H18F3NO. The summed E-state index contributed by atoms with van der Waals surface area (Å²) < 4.78 is 46.0. The summed E-state index contributed by atoms with van der Waals surface area (Å²) >= 11 is 0. The van der Waals surface area contributed by atoms with E-state index in [1.807, 2.05) is 30.3 Å². The normalized spacial score (nSPS) is 24.4. The number of ether oxygens (including phenoxy) is 1. The summed E-state index contributed by atoms with van der Waals surface area (Å²) in [6.07, 6.45) is 0.538. The summed E-state index contributed by atoms with van der Waals surface area (Å²) in [6.45, 7) is 0. The number of alkyl halides is 3. The fourth-order valence-electron chi connectivity index (χ4n) is 4.09. The number of nitrogens with one attached hydrogen (secondary N) is 1. The minimum atomic E-state index is -4.39. The van der Waals surface area contributed by atoms with Crippen LogP contribution in [0.15, 0.2) is 54.6 Å². The molecule has 2 aromatic rings. The van der Waals surface area contributed by atoms with Gasteiger partial charge in [-0.25, -0.2) is 0 Å². The average Bonchev–Trinajstić information content (AvgIpc) is 3.09. The lowest BCUT2D eigenvalue weighted by molar-refractivity contribution is -0.137. The van der Waals surface area contributed by atoms with E-state index < -0.39 is 11.7 Å². The van der Waals surface area contributed by atoms with Crippen molar-refractivity contribution in [3.63, 3.8) is 0 Å². The highest BCUT2D eigenvalue weighted by atomic mass is 19.4. The summed E-state index contributed by atoms with van der Waals surface area (Å²) in [5, 5.41) is 3.19. The molecule has 0 spiro atoms. The molecule has 0 aromatic heterocycles. The molecule has 0 fully saturated rings. The van der Waals surface area contributed by atoms with Gasteiger partial charge < -0.3 is 10.1 Å². The summed E-state index contributed by atoms with van der Waals surface area (Å²) in [7, 11) is 1.58. The maximum Gasteiger partial charge on any atom is 0.418 e. The van der Waals surface area contributed by atoms with Crippen molar-refractivity contribution >= 4 is 5.69 Å². The molecule has 0 amide bonds. The number of halogens is 3. The van der Waals surface area contributed by atoms with Crippen molar-refractivity contribution in [2.45, 2.75) is 24.6 Å². The highest BCUT2D eigenvalue weighted by Crippen LogP contribution is 2.53. The van der Waals surface area contributed by atoms with Crippen LogP contribution in [0.3, 0.4) is 0 Å². The molecule has 5 heteroatoms. The molecule has 1 N–H and O–H groups in total. The number of allylic oxidation sites excluding steroid dienone is 2. The lowest BCUT2D eigenvalue weighted by Crippen LogP contribution is -2.31. The second-order valence-corrected chi connectivity index (χ2v) is 6.49. The Morgan fingerprint density at radius 3 is 2.56 bits per heavy atom. The first kappa shape index (κ1) is 16.1.